The maximum atomic E-state index is 12.8. The molecule has 1 atom stereocenters. The van der Waals surface area contributed by atoms with E-state index in [2.05, 4.69) is 10.1 Å². The predicted molar refractivity (Wildman–Crippen MR) is 97.0 cm³/mol. The molecule has 0 aliphatic carbocycles. The van der Waals surface area contributed by atoms with Crippen molar-refractivity contribution in [2.75, 3.05) is 6.61 Å². The van der Waals surface area contributed by atoms with Gasteiger partial charge in [-0.2, -0.15) is 5.10 Å². The van der Waals surface area contributed by atoms with E-state index in [0.29, 0.717) is 25.9 Å². The zero-order chi connectivity index (χ0) is 18.4. The van der Waals surface area contributed by atoms with Gasteiger partial charge in [0.2, 0.25) is 5.91 Å². The fourth-order valence-corrected chi connectivity index (χ4v) is 2.88. The van der Waals surface area contributed by atoms with Gasteiger partial charge in [0.1, 0.15) is 0 Å². The molecule has 0 unspecified atom stereocenters. The van der Waals surface area contributed by atoms with Crippen molar-refractivity contribution in [2.45, 2.75) is 59.7 Å². The number of aliphatic hydroxyl groups is 1. The van der Waals surface area contributed by atoms with E-state index in [1.165, 1.54) is 5.56 Å². The van der Waals surface area contributed by atoms with Crippen molar-refractivity contribution in [3.05, 3.63) is 47.0 Å². The summed E-state index contributed by atoms with van der Waals surface area (Å²) in [5.74, 6) is 0.0109. The lowest BCUT2D eigenvalue weighted by atomic mass is 10.1. The molecule has 0 bridgehead atoms. The van der Waals surface area contributed by atoms with Crippen LogP contribution >= 0.6 is 0 Å². The van der Waals surface area contributed by atoms with Gasteiger partial charge in [-0.1, -0.05) is 13.0 Å². The van der Waals surface area contributed by atoms with Crippen LogP contribution in [0, 0.1) is 20.8 Å². The number of aliphatic hydroxyl groups excluding tert-OH is 1. The summed E-state index contributed by atoms with van der Waals surface area (Å²) >= 11 is 0. The Morgan fingerprint density at radius 3 is 2.60 bits per heavy atom. The smallest absolute Gasteiger partial charge is 0.225 e. The van der Waals surface area contributed by atoms with Crippen molar-refractivity contribution in [3.63, 3.8) is 0 Å². The highest BCUT2D eigenvalue weighted by Crippen LogP contribution is 2.14. The topological polar surface area (TPSA) is 71.2 Å². The molecule has 0 aromatic carbocycles. The first-order valence-corrected chi connectivity index (χ1v) is 8.78. The molecule has 136 valence electrons. The molecule has 0 saturated heterocycles. The van der Waals surface area contributed by atoms with Gasteiger partial charge in [0.25, 0.3) is 0 Å². The number of aromatic nitrogens is 3. The van der Waals surface area contributed by atoms with Crippen LogP contribution in [0.2, 0.25) is 0 Å². The lowest BCUT2D eigenvalue weighted by Gasteiger charge is -2.30. The molecule has 0 aliphatic heterocycles. The predicted octanol–water partition coefficient (Wildman–Crippen LogP) is 2.39. The number of pyridine rings is 1. The molecule has 1 N–H and O–H groups in total. The second kappa shape index (κ2) is 8.76. The molecule has 2 rings (SSSR count). The molecule has 2 heterocycles. The first kappa shape index (κ1) is 19.1. The average Bonchev–Trinajstić information content (AvgIpc) is 2.87. The first-order valence-electron chi connectivity index (χ1n) is 8.78. The second-order valence-electron chi connectivity index (χ2n) is 6.36. The largest absolute Gasteiger partial charge is 0.394 e. The minimum atomic E-state index is -0.198. The van der Waals surface area contributed by atoms with Crippen molar-refractivity contribution in [3.8, 4) is 0 Å². The van der Waals surface area contributed by atoms with Gasteiger partial charge in [-0.25, -0.2) is 0 Å². The Hall–Kier alpha value is -2.21. The van der Waals surface area contributed by atoms with Crippen LogP contribution in [0.4, 0.5) is 0 Å². The van der Waals surface area contributed by atoms with Crippen LogP contribution in [-0.4, -0.2) is 43.3 Å². The van der Waals surface area contributed by atoms with E-state index in [1.807, 2.05) is 50.6 Å². The van der Waals surface area contributed by atoms with Crippen molar-refractivity contribution in [1.29, 1.82) is 0 Å². The summed E-state index contributed by atoms with van der Waals surface area (Å²) in [6.07, 6.45) is 2.77. The Labute approximate surface area is 149 Å². The lowest BCUT2D eigenvalue weighted by Crippen LogP contribution is -2.42. The standard InChI is InChI=1S/C19H28N4O2/c1-5-18(13-24)22(12-17-8-6-7-10-20-17)19(25)9-11-23-16(4)14(2)15(3)21-23/h6-8,10,18,24H,5,9,11-13H2,1-4H3/t18-/m0/s1. The molecule has 1 amide bonds. The Kier molecular flexibility index (Phi) is 6.70. The molecule has 0 spiro atoms. The van der Waals surface area contributed by atoms with Gasteiger partial charge in [-0.15, -0.1) is 0 Å². The van der Waals surface area contributed by atoms with E-state index in [0.717, 1.165) is 17.1 Å². The Morgan fingerprint density at radius 2 is 2.08 bits per heavy atom. The zero-order valence-electron chi connectivity index (χ0n) is 15.6. The number of nitrogens with zero attached hydrogens (tertiary/aromatic N) is 4. The Balaban J connectivity index is 2.10. The van der Waals surface area contributed by atoms with Crippen molar-refractivity contribution in [1.82, 2.24) is 19.7 Å². The number of aryl methyl sites for hydroxylation is 2. The van der Waals surface area contributed by atoms with Crippen LogP contribution in [0.1, 0.15) is 42.4 Å². The zero-order valence-corrected chi connectivity index (χ0v) is 15.6. The third-order valence-electron chi connectivity index (χ3n) is 4.78. The number of amides is 1. The van der Waals surface area contributed by atoms with Gasteiger partial charge >= 0.3 is 0 Å². The number of hydrogen-bond donors (Lipinski definition) is 1. The maximum absolute atomic E-state index is 12.8. The SMILES string of the molecule is CC[C@@H](CO)N(Cc1ccccn1)C(=O)CCn1nc(C)c(C)c1C. The van der Waals surface area contributed by atoms with Gasteiger partial charge in [0.05, 0.1) is 30.6 Å². The van der Waals surface area contributed by atoms with Crippen LogP contribution in [-0.2, 0) is 17.9 Å². The highest BCUT2D eigenvalue weighted by atomic mass is 16.3. The van der Waals surface area contributed by atoms with Crippen LogP contribution in [0.5, 0.6) is 0 Å². The second-order valence-corrected chi connectivity index (χ2v) is 6.36. The van der Waals surface area contributed by atoms with E-state index in [4.69, 9.17) is 0 Å². The summed E-state index contributed by atoms with van der Waals surface area (Å²) < 4.78 is 1.89. The van der Waals surface area contributed by atoms with Gasteiger partial charge in [-0.05, 0) is 44.9 Å². The van der Waals surface area contributed by atoms with Crippen LogP contribution in [0.3, 0.4) is 0 Å². The first-order chi connectivity index (χ1) is 12.0. The molecule has 0 fully saturated rings. The fraction of sp³-hybridized carbons (Fsp3) is 0.526. The van der Waals surface area contributed by atoms with Crippen molar-refractivity contribution in [2.24, 2.45) is 0 Å². The molecule has 6 heteroatoms. The van der Waals surface area contributed by atoms with Gasteiger partial charge < -0.3 is 10.0 Å². The Bertz CT molecular complexity index is 693. The highest BCUT2D eigenvalue weighted by Gasteiger charge is 2.22. The molecule has 6 nitrogen and oxygen atoms in total. The van der Waals surface area contributed by atoms with Crippen molar-refractivity contribution < 1.29 is 9.90 Å². The molecule has 0 radical (unpaired) electrons. The summed E-state index contributed by atoms with van der Waals surface area (Å²) in [6, 6.07) is 5.46. The normalized spacial score (nSPS) is 12.2. The lowest BCUT2D eigenvalue weighted by molar-refractivity contribution is -0.135. The number of rotatable bonds is 8. The molecular formula is C19H28N4O2. The van der Waals surface area contributed by atoms with E-state index in [1.54, 1.807) is 11.1 Å². The summed E-state index contributed by atoms with van der Waals surface area (Å²) in [7, 11) is 0. The molecular weight excluding hydrogens is 316 g/mol. The molecule has 0 aliphatic rings. The quantitative estimate of drug-likeness (QED) is 0.798. The van der Waals surface area contributed by atoms with Gasteiger partial charge in [0, 0.05) is 24.9 Å². The summed E-state index contributed by atoms with van der Waals surface area (Å²) in [5, 5.41) is 14.2. The average molecular weight is 344 g/mol. The fourth-order valence-electron chi connectivity index (χ4n) is 2.88. The third-order valence-corrected chi connectivity index (χ3v) is 4.78. The minimum absolute atomic E-state index is 0.0109. The monoisotopic (exact) mass is 344 g/mol. The number of carbonyl (C=O) groups excluding carboxylic acids is 1. The van der Waals surface area contributed by atoms with Crippen LogP contribution in [0.15, 0.2) is 24.4 Å². The third kappa shape index (κ3) is 4.66. The summed E-state index contributed by atoms with van der Waals surface area (Å²) in [6.45, 7) is 8.93. The summed E-state index contributed by atoms with van der Waals surface area (Å²) in [5.41, 5.74) is 4.08. The molecule has 2 aromatic heterocycles. The maximum Gasteiger partial charge on any atom is 0.225 e. The summed E-state index contributed by atoms with van der Waals surface area (Å²) in [4.78, 5) is 18.9. The molecule has 25 heavy (non-hydrogen) atoms. The minimum Gasteiger partial charge on any atom is -0.394 e. The molecule has 2 aromatic rings. The highest BCUT2D eigenvalue weighted by molar-refractivity contribution is 5.76. The van der Waals surface area contributed by atoms with E-state index in [-0.39, 0.29) is 18.6 Å². The number of carbonyl (C=O) groups is 1. The Morgan fingerprint density at radius 1 is 1.32 bits per heavy atom. The van der Waals surface area contributed by atoms with E-state index in [9.17, 15) is 9.90 Å². The number of hydrogen-bond acceptors (Lipinski definition) is 4. The van der Waals surface area contributed by atoms with Gasteiger partial charge in [-0.3, -0.25) is 14.5 Å². The van der Waals surface area contributed by atoms with Crippen molar-refractivity contribution >= 4 is 5.91 Å². The van der Waals surface area contributed by atoms with Gasteiger partial charge in [0.15, 0.2) is 0 Å². The van der Waals surface area contributed by atoms with E-state index < -0.39 is 0 Å². The van der Waals surface area contributed by atoms with Crippen LogP contribution < -0.4 is 0 Å². The van der Waals surface area contributed by atoms with E-state index >= 15 is 0 Å². The van der Waals surface area contributed by atoms with Crippen LogP contribution in [0.25, 0.3) is 0 Å². The molecule has 0 saturated carbocycles.